The summed E-state index contributed by atoms with van der Waals surface area (Å²) in [4.78, 5) is 45.2. The van der Waals surface area contributed by atoms with Gasteiger partial charge < -0.3 is 5.32 Å². The lowest BCUT2D eigenvalue weighted by Gasteiger charge is -2.37. The minimum Gasteiger partial charge on any atom is -0.323 e. The van der Waals surface area contributed by atoms with Crippen molar-refractivity contribution in [3.8, 4) is 0 Å². The molecular weight excluding hydrogens is 426 g/mol. The molecule has 3 fully saturated rings. The minimum absolute atomic E-state index is 0.137. The van der Waals surface area contributed by atoms with Gasteiger partial charge in [0.25, 0.3) is 5.91 Å². The van der Waals surface area contributed by atoms with Crippen molar-refractivity contribution in [2.75, 3.05) is 16.8 Å². The molecule has 6 rings (SSSR count). The van der Waals surface area contributed by atoms with E-state index in [1.54, 1.807) is 0 Å². The van der Waals surface area contributed by atoms with Gasteiger partial charge in [-0.3, -0.25) is 19.3 Å². The Morgan fingerprint density at radius 1 is 1.06 bits per heavy atom. The normalized spacial score (nSPS) is 30.8. The SMILES string of the molecule is Cc1cc(Cl)c2c(c1)[C@]1(C(=O)N2)[C@@H]2C(=O)N(c3c(C)cccc3C)C(=O)[C@@H]2[C@@H]2CCCN21. The molecule has 3 saturated heterocycles. The van der Waals surface area contributed by atoms with Crippen LogP contribution in [0.1, 0.15) is 35.1 Å². The summed E-state index contributed by atoms with van der Waals surface area (Å²) < 4.78 is 0. The van der Waals surface area contributed by atoms with Crippen LogP contribution in [-0.4, -0.2) is 35.2 Å². The van der Waals surface area contributed by atoms with Gasteiger partial charge in [-0.1, -0.05) is 35.9 Å². The highest BCUT2D eigenvalue weighted by Crippen LogP contribution is 2.61. The molecule has 4 aliphatic rings. The molecule has 7 heteroatoms. The van der Waals surface area contributed by atoms with Gasteiger partial charge in [-0.2, -0.15) is 0 Å². The maximum absolute atomic E-state index is 14.1. The predicted molar refractivity (Wildman–Crippen MR) is 122 cm³/mol. The summed E-state index contributed by atoms with van der Waals surface area (Å²) in [7, 11) is 0. The molecular formula is C25H24ClN3O3. The number of amides is 3. The zero-order valence-electron chi connectivity index (χ0n) is 18.2. The standard InChI is InChI=1S/C25H24ClN3O3/c1-12-10-15-20(16(26)11-12)27-24(32)25(15)19-18(17-8-5-9-28(17)25)22(30)29(23(19)31)21-13(2)6-4-7-14(21)3/h4,6-7,10-11,17-19H,5,8-9H2,1-3H3,(H,27,32)/t17-,18+,19-,25+/m0/s1. The molecule has 4 heterocycles. The van der Waals surface area contributed by atoms with Gasteiger partial charge in [0.15, 0.2) is 0 Å². The van der Waals surface area contributed by atoms with Crippen molar-refractivity contribution in [2.45, 2.75) is 45.2 Å². The van der Waals surface area contributed by atoms with Crippen LogP contribution < -0.4 is 10.2 Å². The lowest BCUT2D eigenvalue weighted by Crippen LogP contribution is -2.54. The van der Waals surface area contributed by atoms with Crippen LogP contribution in [0.4, 0.5) is 11.4 Å². The third-order valence-corrected chi connectivity index (χ3v) is 8.16. The fourth-order valence-corrected chi connectivity index (χ4v) is 7.10. The average molecular weight is 450 g/mol. The molecule has 0 saturated carbocycles. The Balaban J connectivity index is 1.60. The van der Waals surface area contributed by atoms with E-state index in [9.17, 15) is 14.4 Å². The Hall–Kier alpha value is -2.70. The van der Waals surface area contributed by atoms with Crippen molar-refractivity contribution in [3.05, 3.63) is 57.6 Å². The molecule has 4 atom stereocenters. The second-order valence-corrected chi connectivity index (χ2v) is 9.96. The maximum Gasteiger partial charge on any atom is 0.250 e. The van der Waals surface area contributed by atoms with Crippen LogP contribution in [-0.2, 0) is 19.9 Å². The number of para-hydroxylation sites is 1. The molecule has 3 amide bonds. The number of carbonyl (C=O) groups is 3. The second-order valence-electron chi connectivity index (χ2n) is 9.55. The Morgan fingerprint density at radius 2 is 1.78 bits per heavy atom. The Bertz CT molecular complexity index is 1220. The third kappa shape index (κ3) is 2.17. The first-order valence-corrected chi connectivity index (χ1v) is 11.5. The van der Waals surface area contributed by atoms with Crippen LogP contribution in [0.2, 0.25) is 5.02 Å². The van der Waals surface area contributed by atoms with Crippen LogP contribution in [0.15, 0.2) is 30.3 Å². The molecule has 0 radical (unpaired) electrons. The molecule has 0 unspecified atom stereocenters. The molecule has 164 valence electrons. The van der Waals surface area contributed by atoms with Gasteiger partial charge in [0.1, 0.15) is 5.54 Å². The van der Waals surface area contributed by atoms with E-state index in [0.29, 0.717) is 22.9 Å². The zero-order valence-corrected chi connectivity index (χ0v) is 19.0. The Labute approximate surface area is 191 Å². The number of anilines is 2. The van der Waals surface area contributed by atoms with Gasteiger partial charge in [0, 0.05) is 11.6 Å². The third-order valence-electron chi connectivity index (χ3n) is 7.86. The van der Waals surface area contributed by atoms with Crippen molar-refractivity contribution in [2.24, 2.45) is 11.8 Å². The minimum atomic E-state index is -1.20. The summed E-state index contributed by atoms with van der Waals surface area (Å²) in [6, 6.07) is 9.38. The highest BCUT2D eigenvalue weighted by molar-refractivity contribution is 6.35. The van der Waals surface area contributed by atoms with E-state index in [1.807, 2.05) is 51.1 Å². The number of hydrogen-bond donors (Lipinski definition) is 1. The number of fused-ring (bicyclic) bond motifs is 7. The first kappa shape index (κ1) is 19.9. The van der Waals surface area contributed by atoms with Crippen molar-refractivity contribution in [1.29, 1.82) is 0 Å². The van der Waals surface area contributed by atoms with E-state index in [2.05, 4.69) is 10.2 Å². The number of imide groups is 1. The highest BCUT2D eigenvalue weighted by Gasteiger charge is 2.75. The van der Waals surface area contributed by atoms with Crippen LogP contribution in [0, 0.1) is 32.6 Å². The molecule has 1 N–H and O–H groups in total. The van der Waals surface area contributed by atoms with Crippen molar-refractivity contribution in [1.82, 2.24) is 4.90 Å². The number of hydrogen-bond acceptors (Lipinski definition) is 4. The molecule has 6 nitrogen and oxygen atoms in total. The highest BCUT2D eigenvalue weighted by atomic mass is 35.5. The second kappa shape index (κ2) is 6.42. The van der Waals surface area contributed by atoms with E-state index >= 15 is 0 Å². The zero-order chi connectivity index (χ0) is 22.5. The van der Waals surface area contributed by atoms with Crippen molar-refractivity contribution in [3.63, 3.8) is 0 Å². The summed E-state index contributed by atoms with van der Waals surface area (Å²) >= 11 is 6.52. The molecule has 4 aliphatic heterocycles. The molecule has 2 aromatic carbocycles. The summed E-state index contributed by atoms with van der Waals surface area (Å²) in [5.74, 6) is -2.03. The van der Waals surface area contributed by atoms with Crippen LogP contribution in [0.5, 0.6) is 0 Å². The molecule has 2 aromatic rings. The van der Waals surface area contributed by atoms with E-state index in [-0.39, 0.29) is 23.8 Å². The Kier molecular flexibility index (Phi) is 4.00. The first-order valence-electron chi connectivity index (χ1n) is 11.1. The van der Waals surface area contributed by atoms with E-state index in [0.717, 1.165) is 35.1 Å². The van der Waals surface area contributed by atoms with Crippen LogP contribution in [0.25, 0.3) is 0 Å². The molecule has 0 aliphatic carbocycles. The lowest BCUT2D eigenvalue weighted by atomic mass is 9.75. The number of nitrogens with one attached hydrogen (secondary N) is 1. The predicted octanol–water partition coefficient (Wildman–Crippen LogP) is 3.70. The van der Waals surface area contributed by atoms with Crippen molar-refractivity contribution >= 4 is 40.7 Å². The van der Waals surface area contributed by atoms with Gasteiger partial charge >= 0.3 is 0 Å². The Morgan fingerprint density at radius 3 is 2.50 bits per heavy atom. The largest absolute Gasteiger partial charge is 0.323 e. The first-order chi connectivity index (χ1) is 15.3. The summed E-state index contributed by atoms with van der Waals surface area (Å²) in [5, 5.41) is 3.43. The number of halogens is 1. The fourth-order valence-electron chi connectivity index (χ4n) is 6.77. The van der Waals surface area contributed by atoms with E-state index < -0.39 is 17.4 Å². The monoisotopic (exact) mass is 449 g/mol. The number of benzene rings is 2. The van der Waals surface area contributed by atoms with Gasteiger partial charge in [-0.15, -0.1) is 0 Å². The number of rotatable bonds is 1. The molecule has 1 spiro atoms. The fraction of sp³-hybridized carbons (Fsp3) is 0.400. The number of nitrogens with zero attached hydrogens (tertiary/aromatic N) is 2. The van der Waals surface area contributed by atoms with Gasteiger partial charge in [0.05, 0.1) is 28.2 Å². The number of carbonyl (C=O) groups excluding carboxylic acids is 3. The van der Waals surface area contributed by atoms with Crippen LogP contribution >= 0.6 is 11.6 Å². The molecule has 32 heavy (non-hydrogen) atoms. The smallest absolute Gasteiger partial charge is 0.250 e. The van der Waals surface area contributed by atoms with Gasteiger partial charge in [-0.05, 0) is 62.9 Å². The molecule has 0 bridgehead atoms. The van der Waals surface area contributed by atoms with Gasteiger partial charge in [-0.25, -0.2) is 4.90 Å². The van der Waals surface area contributed by atoms with Gasteiger partial charge in [0.2, 0.25) is 11.8 Å². The van der Waals surface area contributed by atoms with Crippen molar-refractivity contribution < 1.29 is 14.4 Å². The quantitative estimate of drug-likeness (QED) is 0.674. The topological polar surface area (TPSA) is 69.7 Å². The summed E-state index contributed by atoms with van der Waals surface area (Å²) in [5.41, 5.74) is 3.42. The lowest BCUT2D eigenvalue weighted by molar-refractivity contribution is -0.135. The maximum atomic E-state index is 14.1. The summed E-state index contributed by atoms with van der Waals surface area (Å²) in [6.07, 6.45) is 1.69. The molecule has 0 aromatic heterocycles. The summed E-state index contributed by atoms with van der Waals surface area (Å²) in [6.45, 7) is 6.44. The van der Waals surface area contributed by atoms with E-state index in [4.69, 9.17) is 11.6 Å². The average Bonchev–Trinajstić information content (AvgIpc) is 3.43. The number of aryl methyl sites for hydroxylation is 3. The van der Waals surface area contributed by atoms with E-state index in [1.165, 1.54) is 4.90 Å². The van der Waals surface area contributed by atoms with Crippen LogP contribution in [0.3, 0.4) is 0 Å².